The minimum atomic E-state index is 0.109. The highest BCUT2D eigenvalue weighted by Crippen LogP contribution is 2.41. The maximum absolute atomic E-state index is 6.11. The van der Waals surface area contributed by atoms with Gasteiger partial charge in [-0.15, -0.1) is 0 Å². The molecule has 18 heavy (non-hydrogen) atoms. The second-order valence-electron chi connectivity index (χ2n) is 5.04. The largest absolute Gasteiger partial charge is 0.375 e. The molecule has 1 unspecified atom stereocenters. The Balaban J connectivity index is 1.77. The average molecular weight is 399 g/mol. The summed E-state index contributed by atoms with van der Waals surface area (Å²) in [4.78, 5) is 0. The van der Waals surface area contributed by atoms with E-state index in [1.165, 1.54) is 24.3 Å². The van der Waals surface area contributed by atoms with Crippen LogP contribution in [0, 0.1) is 3.70 Å². The van der Waals surface area contributed by atoms with Gasteiger partial charge in [0.15, 0.2) is 0 Å². The number of halogens is 2. The Bertz CT molecular complexity index is 409. The second-order valence-corrected chi connectivity index (χ2v) is 7.69. The Kier molecular flexibility index (Phi) is 4.13. The van der Waals surface area contributed by atoms with Crippen molar-refractivity contribution in [2.45, 2.75) is 37.3 Å². The highest BCUT2D eigenvalue weighted by atomic mass is 127. The molecule has 2 saturated heterocycles. The SMILES string of the molecule is Clc1cn(C2CCOC3(CCSCC3)C2)nc1I. The molecule has 0 aromatic carbocycles. The van der Waals surface area contributed by atoms with Gasteiger partial charge in [-0.25, -0.2) is 0 Å². The van der Waals surface area contributed by atoms with Crippen LogP contribution in [0.25, 0.3) is 0 Å². The summed E-state index contributed by atoms with van der Waals surface area (Å²) in [5.74, 6) is 2.45. The molecule has 3 rings (SSSR count). The molecule has 0 N–H and O–H groups in total. The van der Waals surface area contributed by atoms with Crippen LogP contribution in [0.3, 0.4) is 0 Å². The van der Waals surface area contributed by atoms with Crippen LogP contribution in [-0.4, -0.2) is 33.5 Å². The Morgan fingerprint density at radius 2 is 2.28 bits per heavy atom. The smallest absolute Gasteiger partial charge is 0.141 e. The molecule has 6 heteroatoms. The van der Waals surface area contributed by atoms with Crippen molar-refractivity contribution < 1.29 is 4.74 Å². The number of thioether (sulfide) groups is 1. The highest BCUT2D eigenvalue weighted by molar-refractivity contribution is 14.1. The topological polar surface area (TPSA) is 27.1 Å². The third-order valence-electron chi connectivity index (χ3n) is 3.89. The number of rotatable bonds is 1. The molecule has 2 aliphatic heterocycles. The quantitative estimate of drug-likeness (QED) is 0.674. The van der Waals surface area contributed by atoms with Crippen LogP contribution >= 0.6 is 46.0 Å². The van der Waals surface area contributed by atoms with Crippen LogP contribution in [0.1, 0.15) is 31.7 Å². The van der Waals surface area contributed by atoms with E-state index in [9.17, 15) is 0 Å². The normalized spacial score (nSPS) is 27.6. The van der Waals surface area contributed by atoms with Gasteiger partial charge in [0.2, 0.25) is 0 Å². The Morgan fingerprint density at radius 3 is 2.94 bits per heavy atom. The molecule has 0 amide bonds. The van der Waals surface area contributed by atoms with E-state index in [4.69, 9.17) is 16.3 Å². The second kappa shape index (κ2) is 5.50. The third-order valence-corrected chi connectivity index (χ3v) is 6.27. The number of aromatic nitrogens is 2. The maximum atomic E-state index is 6.11. The number of nitrogens with zero attached hydrogens (tertiary/aromatic N) is 2. The average Bonchev–Trinajstić information content (AvgIpc) is 2.71. The molecule has 0 saturated carbocycles. The fourth-order valence-corrected chi connectivity index (χ4v) is 4.62. The predicted octanol–water partition coefficient (Wildman–Crippen LogP) is 3.76. The lowest BCUT2D eigenvalue weighted by molar-refractivity contribution is -0.100. The minimum Gasteiger partial charge on any atom is -0.375 e. The van der Waals surface area contributed by atoms with E-state index < -0.39 is 0 Å². The molecule has 100 valence electrons. The minimum absolute atomic E-state index is 0.109. The van der Waals surface area contributed by atoms with Crippen molar-refractivity contribution in [3.63, 3.8) is 0 Å². The third kappa shape index (κ3) is 2.69. The molecule has 1 aromatic heterocycles. The number of hydrogen-bond donors (Lipinski definition) is 0. The van der Waals surface area contributed by atoms with E-state index in [1.54, 1.807) is 0 Å². The Hall–Kier alpha value is 0.540. The molecule has 2 aliphatic rings. The van der Waals surface area contributed by atoms with Crippen LogP contribution in [-0.2, 0) is 4.74 Å². The van der Waals surface area contributed by atoms with Crippen LogP contribution in [0.5, 0.6) is 0 Å². The molecule has 1 spiro atoms. The van der Waals surface area contributed by atoms with Gasteiger partial charge in [0.05, 0.1) is 16.7 Å². The van der Waals surface area contributed by atoms with Gasteiger partial charge in [-0.05, 0) is 59.8 Å². The maximum Gasteiger partial charge on any atom is 0.141 e. The van der Waals surface area contributed by atoms with Crippen LogP contribution < -0.4 is 0 Å². The standard InChI is InChI=1S/C12H16ClIN2OS/c13-10-8-16(15-11(10)14)9-1-4-17-12(7-9)2-5-18-6-3-12/h8-9H,1-7H2. The number of hydrogen-bond acceptors (Lipinski definition) is 3. The zero-order chi connectivity index (χ0) is 12.6. The summed E-state index contributed by atoms with van der Waals surface area (Å²) in [5.41, 5.74) is 0.109. The van der Waals surface area contributed by atoms with Gasteiger partial charge in [0, 0.05) is 12.8 Å². The lowest BCUT2D eigenvalue weighted by Crippen LogP contribution is -2.43. The van der Waals surface area contributed by atoms with Crippen molar-refractivity contribution in [1.29, 1.82) is 0 Å². The number of ether oxygens (including phenoxy) is 1. The summed E-state index contributed by atoms with van der Waals surface area (Å²) in [7, 11) is 0. The molecule has 3 heterocycles. The van der Waals surface area contributed by atoms with Crippen molar-refractivity contribution in [2.24, 2.45) is 0 Å². The predicted molar refractivity (Wildman–Crippen MR) is 83.5 cm³/mol. The van der Waals surface area contributed by atoms with E-state index in [1.807, 2.05) is 18.0 Å². The van der Waals surface area contributed by atoms with Crippen molar-refractivity contribution in [1.82, 2.24) is 9.78 Å². The zero-order valence-corrected chi connectivity index (χ0v) is 13.8. The highest BCUT2D eigenvalue weighted by Gasteiger charge is 2.39. The molecule has 0 bridgehead atoms. The van der Waals surface area contributed by atoms with E-state index in [2.05, 4.69) is 32.4 Å². The molecule has 0 aliphatic carbocycles. The summed E-state index contributed by atoms with van der Waals surface area (Å²) in [6.07, 6.45) is 6.45. The van der Waals surface area contributed by atoms with Crippen molar-refractivity contribution in [3.8, 4) is 0 Å². The molecule has 1 atom stereocenters. The summed E-state index contributed by atoms with van der Waals surface area (Å²) in [6.45, 7) is 0.851. The first kappa shape index (κ1) is 13.5. The molecule has 0 radical (unpaired) electrons. The first-order valence-corrected chi connectivity index (χ1v) is 8.92. The van der Waals surface area contributed by atoms with E-state index in [-0.39, 0.29) is 5.60 Å². The summed E-state index contributed by atoms with van der Waals surface area (Å²) in [6, 6.07) is 0.447. The van der Waals surface area contributed by atoms with Crippen molar-refractivity contribution in [3.05, 3.63) is 14.9 Å². The van der Waals surface area contributed by atoms with Gasteiger partial charge in [0.1, 0.15) is 3.70 Å². The first-order chi connectivity index (χ1) is 8.69. The monoisotopic (exact) mass is 398 g/mol. The fraction of sp³-hybridized carbons (Fsp3) is 0.750. The van der Waals surface area contributed by atoms with E-state index >= 15 is 0 Å². The van der Waals surface area contributed by atoms with E-state index in [0.717, 1.165) is 28.2 Å². The van der Waals surface area contributed by atoms with Crippen LogP contribution in [0.2, 0.25) is 5.02 Å². The lowest BCUT2D eigenvalue weighted by Gasteiger charge is -2.43. The Morgan fingerprint density at radius 1 is 1.50 bits per heavy atom. The van der Waals surface area contributed by atoms with Gasteiger partial charge in [-0.3, -0.25) is 4.68 Å². The zero-order valence-electron chi connectivity index (χ0n) is 10.1. The molecular formula is C12H16ClIN2OS. The van der Waals surface area contributed by atoms with Crippen LogP contribution in [0.4, 0.5) is 0 Å². The van der Waals surface area contributed by atoms with E-state index in [0.29, 0.717) is 6.04 Å². The van der Waals surface area contributed by atoms with Crippen LogP contribution in [0.15, 0.2) is 6.20 Å². The van der Waals surface area contributed by atoms with Crippen molar-refractivity contribution >= 4 is 46.0 Å². The summed E-state index contributed by atoms with van der Waals surface area (Å²) >= 11 is 10.3. The Labute approximate surface area is 130 Å². The van der Waals surface area contributed by atoms with Gasteiger partial charge in [0.25, 0.3) is 0 Å². The van der Waals surface area contributed by atoms with Crippen molar-refractivity contribution in [2.75, 3.05) is 18.1 Å². The van der Waals surface area contributed by atoms with Gasteiger partial charge in [-0.2, -0.15) is 16.9 Å². The van der Waals surface area contributed by atoms with Gasteiger partial charge in [-0.1, -0.05) is 11.6 Å². The van der Waals surface area contributed by atoms with Gasteiger partial charge < -0.3 is 4.74 Å². The first-order valence-electron chi connectivity index (χ1n) is 6.30. The summed E-state index contributed by atoms with van der Waals surface area (Å²) in [5, 5.41) is 5.28. The fourth-order valence-electron chi connectivity index (χ4n) is 2.85. The molecule has 2 fully saturated rings. The molecular weight excluding hydrogens is 383 g/mol. The molecule has 3 nitrogen and oxygen atoms in total. The molecule has 1 aromatic rings. The van der Waals surface area contributed by atoms with Gasteiger partial charge >= 0.3 is 0 Å². The summed E-state index contributed by atoms with van der Waals surface area (Å²) < 4.78 is 9.05. The lowest BCUT2D eigenvalue weighted by atomic mass is 9.85.